The van der Waals surface area contributed by atoms with E-state index in [1.165, 1.54) is 19.5 Å². The summed E-state index contributed by atoms with van der Waals surface area (Å²) < 4.78 is 63.9. The molecule has 0 saturated heterocycles. The monoisotopic (exact) mass is 565 g/mol. The number of hydrogen-bond acceptors (Lipinski definition) is 6. The Kier molecular flexibility index (Phi) is 9.83. The number of carbonyl (C=O) groups is 3. The van der Waals surface area contributed by atoms with Gasteiger partial charge < -0.3 is 20.1 Å². The highest BCUT2D eigenvalue weighted by atomic mass is 79.9. The minimum atomic E-state index is -5.30. The van der Waals surface area contributed by atoms with Gasteiger partial charge in [-0.25, -0.2) is 14.2 Å². The summed E-state index contributed by atoms with van der Waals surface area (Å²) in [6, 6.07) is 9.63. The van der Waals surface area contributed by atoms with Crippen LogP contribution < -0.4 is 15.4 Å². The average molecular weight is 566 g/mol. The molecular weight excluding hydrogens is 546 g/mol. The first-order valence-corrected chi connectivity index (χ1v) is 10.5. The Morgan fingerprint density at radius 3 is 2.37 bits per heavy atom. The average Bonchev–Trinajstić information content (AvgIpc) is 2.82. The van der Waals surface area contributed by atoms with Gasteiger partial charge in [0.2, 0.25) is 0 Å². The van der Waals surface area contributed by atoms with Crippen LogP contribution in [0.4, 0.5) is 28.0 Å². The van der Waals surface area contributed by atoms with E-state index in [0.29, 0.717) is 5.56 Å². The van der Waals surface area contributed by atoms with Crippen LogP contribution in [0.25, 0.3) is 0 Å². The van der Waals surface area contributed by atoms with Gasteiger partial charge in [0.1, 0.15) is 31.2 Å². The van der Waals surface area contributed by atoms with Crippen molar-refractivity contribution in [3.63, 3.8) is 0 Å². The second kappa shape index (κ2) is 12.4. The van der Waals surface area contributed by atoms with Gasteiger partial charge in [0.15, 0.2) is 5.82 Å². The Morgan fingerprint density at radius 1 is 1.11 bits per heavy atom. The molecular formula is C21H20BrF4N3O6. The first kappa shape index (κ1) is 27.9. The molecule has 190 valence electrons. The van der Waals surface area contributed by atoms with Gasteiger partial charge in [0.25, 0.3) is 5.91 Å². The number of hydroxylamine groups is 2. The quantitative estimate of drug-likeness (QED) is 0.352. The van der Waals surface area contributed by atoms with Crippen LogP contribution in [0.5, 0.6) is 5.75 Å². The third kappa shape index (κ3) is 8.10. The molecule has 0 unspecified atom stereocenters. The molecule has 35 heavy (non-hydrogen) atoms. The van der Waals surface area contributed by atoms with Crippen LogP contribution in [0.2, 0.25) is 0 Å². The summed E-state index contributed by atoms with van der Waals surface area (Å²) in [5.74, 6) is -4.75. The van der Waals surface area contributed by atoms with Crippen LogP contribution in [0.1, 0.15) is 11.1 Å². The first-order valence-electron chi connectivity index (χ1n) is 9.71. The fourth-order valence-electron chi connectivity index (χ4n) is 2.47. The zero-order valence-electron chi connectivity index (χ0n) is 18.4. The lowest BCUT2D eigenvalue weighted by atomic mass is 10.1. The molecule has 0 aliphatic rings. The molecule has 0 radical (unpaired) electrons. The molecule has 0 aromatic heterocycles. The maximum absolute atomic E-state index is 15.2. The van der Waals surface area contributed by atoms with E-state index in [4.69, 9.17) is 9.47 Å². The lowest BCUT2D eigenvalue weighted by Crippen LogP contribution is -2.37. The molecule has 2 aromatic carbocycles. The number of likely N-dealkylation sites (N-methyl/N-ethyl adjacent to an activating group) is 1. The Bertz CT molecular complexity index is 1070. The minimum Gasteiger partial charge on any atom is -0.487 e. The van der Waals surface area contributed by atoms with E-state index in [9.17, 15) is 27.6 Å². The van der Waals surface area contributed by atoms with Crippen molar-refractivity contribution in [3.8, 4) is 5.75 Å². The van der Waals surface area contributed by atoms with E-state index in [2.05, 4.69) is 26.1 Å². The van der Waals surface area contributed by atoms with Gasteiger partial charge in [-0.3, -0.25) is 14.4 Å². The number of rotatable bonds is 9. The second-order valence-electron chi connectivity index (χ2n) is 6.75. The van der Waals surface area contributed by atoms with Crippen molar-refractivity contribution in [2.45, 2.75) is 19.4 Å². The molecule has 0 aliphatic heterocycles. The third-order valence-corrected chi connectivity index (χ3v) is 5.07. The molecule has 0 fully saturated rings. The van der Waals surface area contributed by atoms with Crippen LogP contribution in [0.15, 0.2) is 40.9 Å². The van der Waals surface area contributed by atoms with Crippen molar-refractivity contribution in [1.29, 1.82) is 0 Å². The number of nitrogens with one attached hydrogen (secondary N) is 2. The SMILES string of the molecule is CON(C)C(=O)CNC(=O)OCc1c(Br)cc(OCc2ccccc2)c(NC(=O)C(F)(F)F)c1F. The molecule has 0 spiro atoms. The number of carbonyl (C=O) groups excluding carboxylic acids is 3. The maximum atomic E-state index is 15.2. The number of anilines is 1. The van der Waals surface area contributed by atoms with Gasteiger partial charge in [-0.05, 0) is 11.6 Å². The maximum Gasteiger partial charge on any atom is 0.471 e. The van der Waals surface area contributed by atoms with Crippen LogP contribution in [-0.4, -0.2) is 49.8 Å². The summed E-state index contributed by atoms with van der Waals surface area (Å²) in [6.45, 7) is -1.38. The fraction of sp³-hybridized carbons (Fsp3) is 0.286. The van der Waals surface area contributed by atoms with Crippen molar-refractivity contribution in [2.24, 2.45) is 0 Å². The highest BCUT2D eigenvalue weighted by Crippen LogP contribution is 2.37. The van der Waals surface area contributed by atoms with Crippen LogP contribution in [0, 0.1) is 5.82 Å². The summed E-state index contributed by atoms with van der Waals surface area (Å²) in [5, 5.41) is 4.42. The van der Waals surface area contributed by atoms with Gasteiger partial charge in [-0.1, -0.05) is 46.3 Å². The fourth-order valence-corrected chi connectivity index (χ4v) is 2.97. The number of alkyl halides is 3. The second-order valence-corrected chi connectivity index (χ2v) is 7.61. The van der Waals surface area contributed by atoms with Crippen molar-refractivity contribution >= 4 is 39.5 Å². The number of nitrogens with zero attached hydrogens (tertiary/aromatic N) is 1. The summed E-state index contributed by atoms with van der Waals surface area (Å²) in [6.07, 6.45) is -6.41. The Morgan fingerprint density at radius 2 is 1.77 bits per heavy atom. The predicted octanol–water partition coefficient (Wildman–Crippen LogP) is 3.91. The van der Waals surface area contributed by atoms with Crippen LogP contribution in [-0.2, 0) is 32.4 Å². The number of amides is 3. The molecule has 0 heterocycles. The highest BCUT2D eigenvalue weighted by molar-refractivity contribution is 9.10. The molecule has 2 rings (SSSR count). The molecule has 0 bridgehead atoms. The topological polar surface area (TPSA) is 106 Å². The van der Waals surface area contributed by atoms with Crippen molar-refractivity contribution < 1.29 is 46.3 Å². The van der Waals surface area contributed by atoms with E-state index in [1.54, 1.807) is 30.3 Å². The minimum absolute atomic E-state index is 0.00828. The Hall–Kier alpha value is -3.39. The van der Waals surface area contributed by atoms with Gasteiger partial charge in [0.05, 0.1) is 7.11 Å². The Labute approximate surface area is 205 Å². The van der Waals surface area contributed by atoms with Crippen LogP contribution in [0.3, 0.4) is 0 Å². The van der Waals surface area contributed by atoms with Crippen molar-refractivity contribution in [1.82, 2.24) is 10.4 Å². The first-order chi connectivity index (χ1) is 16.4. The summed E-state index contributed by atoms with van der Waals surface area (Å²) in [4.78, 5) is 39.6. The number of ether oxygens (including phenoxy) is 2. The molecule has 0 atom stereocenters. The molecule has 14 heteroatoms. The molecule has 3 amide bonds. The van der Waals surface area contributed by atoms with E-state index in [0.717, 1.165) is 11.1 Å². The summed E-state index contributed by atoms with van der Waals surface area (Å²) in [7, 11) is 2.54. The molecule has 2 aromatic rings. The van der Waals surface area contributed by atoms with E-state index < -0.39 is 54.5 Å². The van der Waals surface area contributed by atoms with Gasteiger partial charge in [0, 0.05) is 17.1 Å². The van der Waals surface area contributed by atoms with Crippen molar-refractivity contribution in [3.05, 3.63) is 57.8 Å². The predicted molar refractivity (Wildman–Crippen MR) is 118 cm³/mol. The van der Waals surface area contributed by atoms with E-state index in [-0.39, 0.29) is 16.6 Å². The number of halogens is 5. The van der Waals surface area contributed by atoms with Gasteiger partial charge >= 0.3 is 18.2 Å². The molecule has 2 N–H and O–H groups in total. The zero-order valence-corrected chi connectivity index (χ0v) is 20.0. The smallest absolute Gasteiger partial charge is 0.471 e. The zero-order chi connectivity index (χ0) is 26.2. The van der Waals surface area contributed by atoms with Crippen LogP contribution >= 0.6 is 15.9 Å². The summed E-state index contributed by atoms with van der Waals surface area (Å²) >= 11 is 3.06. The summed E-state index contributed by atoms with van der Waals surface area (Å²) in [5.41, 5.74) is -0.637. The lowest BCUT2D eigenvalue weighted by Gasteiger charge is -2.18. The number of alkyl carbamates (subject to hydrolysis) is 1. The molecule has 0 saturated carbocycles. The largest absolute Gasteiger partial charge is 0.487 e. The third-order valence-electron chi connectivity index (χ3n) is 4.37. The molecule has 9 nitrogen and oxygen atoms in total. The normalized spacial score (nSPS) is 10.9. The number of hydrogen-bond donors (Lipinski definition) is 2. The van der Waals surface area contributed by atoms with Gasteiger partial charge in [-0.15, -0.1) is 0 Å². The lowest BCUT2D eigenvalue weighted by molar-refractivity contribution is -0.167. The number of benzene rings is 2. The standard InChI is InChI=1S/C21H20BrF4N3O6/c1-29(33-2)16(30)9-27-20(32)35-11-13-14(22)8-15(34-10-12-6-4-3-5-7-12)18(17(13)23)28-19(31)21(24,25)26/h3-8H,9-11H2,1-2H3,(H,27,32)(H,28,31). The van der Waals surface area contributed by atoms with Crippen molar-refractivity contribution in [2.75, 3.05) is 26.0 Å². The Balaban J connectivity index is 2.23. The van der Waals surface area contributed by atoms with E-state index >= 15 is 4.39 Å². The van der Waals surface area contributed by atoms with Gasteiger partial charge in [-0.2, -0.15) is 13.2 Å². The molecule has 0 aliphatic carbocycles. The van der Waals surface area contributed by atoms with E-state index in [1.807, 2.05) is 0 Å². The highest BCUT2D eigenvalue weighted by Gasteiger charge is 2.40.